The van der Waals surface area contributed by atoms with E-state index in [2.05, 4.69) is 0 Å². The van der Waals surface area contributed by atoms with Gasteiger partial charge in [0.2, 0.25) is 0 Å². The average Bonchev–Trinajstić information content (AvgIpc) is 3.08. The molecule has 0 aliphatic carbocycles. The molecule has 0 saturated heterocycles. The van der Waals surface area contributed by atoms with Crippen molar-refractivity contribution in [3.8, 4) is 0 Å². The van der Waals surface area contributed by atoms with Crippen molar-refractivity contribution in [1.82, 2.24) is 0 Å². The predicted octanol–water partition coefficient (Wildman–Crippen LogP) is 4.39. The zero-order chi connectivity index (χ0) is 18.7. The van der Waals surface area contributed by atoms with Gasteiger partial charge in [0.1, 0.15) is 16.5 Å². The Labute approximate surface area is 152 Å². The molecule has 0 unspecified atom stereocenters. The molecule has 1 aromatic heterocycles. The van der Waals surface area contributed by atoms with Crippen molar-refractivity contribution in [2.45, 2.75) is 6.92 Å². The number of nitrogens with zero attached hydrogens (tertiary/aromatic N) is 1. The molecule has 0 radical (unpaired) electrons. The van der Waals surface area contributed by atoms with Gasteiger partial charge < -0.3 is 9.64 Å². The number of anilines is 1. The molecule has 7 heteroatoms. The first-order valence-corrected chi connectivity index (χ1v) is 8.72. The molecule has 0 aliphatic heterocycles. The summed E-state index contributed by atoms with van der Waals surface area (Å²) < 4.78 is 32.4. The van der Waals surface area contributed by atoms with Crippen LogP contribution in [-0.4, -0.2) is 25.0 Å². The van der Waals surface area contributed by atoms with E-state index in [4.69, 9.17) is 4.74 Å². The maximum absolute atomic E-state index is 13.7. The predicted molar refractivity (Wildman–Crippen MR) is 96.5 cm³/mol. The summed E-state index contributed by atoms with van der Waals surface area (Å²) >= 11 is 1.10. The molecular weight excluding hydrogens is 360 g/mol. The lowest BCUT2D eigenvalue weighted by Crippen LogP contribution is -2.34. The molecule has 4 nitrogen and oxygen atoms in total. The van der Waals surface area contributed by atoms with E-state index in [1.165, 1.54) is 41.3 Å². The van der Waals surface area contributed by atoms with Crippen molar-refractivity contribution >= 4 is 39.0 Å². The minimum atomic E-state index is -0.686. The van der Waals surface area contributed by atoms with Crippen molar-refractivity contribution in [2.24, 2.45) is 0 Å². The Morgan fingerprint density at radius 1 is 1.12 bits per heavy atom. The fraction of sp³-hybridized carbons (Fsp3) is 0.158. The minimum Gasteiger partial charge on any atom is -0.451 e. The molecule has 1 heterocycles. The van der Waals surface area contributed by atoms with Crippen molar-refractivity contribution in [2.75, 3.05) is 18.1 Å². The number of esters is 1. The van der Waals surface area contributed by atoms with Gasteiger partial charge in [0.05, 0.1) is 0 Å². The van der Waals surface area contributed by atoms with Gasteiger partial charge in [-0.05, 0) is 49.4 Å². The van der Waals surface area contributed by atoms with Crippen LogP contribution in [0.2, 0.25) is 0 Å². The molecule has 26 heavy (non-hydrogen) atoms. The highest BCUT2D eigenvalue weighted by Gasteiger charge is 2.19. The van der Waals surface area contributed by atoms with Crippen LogP contribution in [0.5, 0.6) is 0 Å². The standard InChI is InChI=1S/C19H15F2NO3S/c1-2-22(13-8-6-12(20)7-9-13)18(23)11-25-19(24)17-10-14-15(21)4-3-5-16(14)26-17/h3-10H,2,11H2,1H3. The molecule has 0 spiro atoms. The van der Waals surface area contributed by atoms with Gasteiger partial charge in [-0.1, -0.05) is 6.07 Å². The van der Waals surface area contributed by atoms with Crippen LogP contribution >= 0.6 is 11.3 Å². The van der Waals surface area contributed by atoms with Gasteiger partial charge >= 0.3 is 5.97 Å². The van der Waals surface area contributed by atoms with Crippen LogP contribution in [0.15, 0.2) is 48.5 Å². The molecular formula is C19H15F2NO3S. The van der Waals surface area contributed by atoms with Crippen molar-refractivity contribution in [3.63, 3.8) is 0 Å². The van der Waals surface area contributed by atoms with E-state index < -0.39 is 30.1 Å². The van der Waals surface area contributed by atoms with E-state index in [0.717, 1.165) is 11.3 Å². The number of carbonyl (C=O) groups is 2. The molecule has 0 N–H and O–H groups in total. The maximum Gasteiger partial charge on any atom is 0.348 e. The van der Waals surface area contributed by atoms with E-state index in [1.807, 2.05) is 0 Å². The molecule has 134 valence electrons. The third-order valence-electron chi connectivity index (χ3n) is 3.79. The average molecular weight is 375 g/mol. The first-order chi connectivity index (χ1) is 12.5. The van der Waals surface area contributed by atoms with Gasteiger partial charge in [-0.3, -0.25) is 4.79 Å². The third kappa shape index (κ3) is 3.72. The fourth-order valence-electron chi connectivity index (χ4n) is 2.53. The van der Waals surface area contributed by atoms with Gasteiger partial charge in [-0.15, -0.1) is 11.3 Å². The lowest BCUT2D eigenvalue weighted by atomic mass is 10.2. The molecule has 0 bridgehead atoms. The number of carbonyl (C=O) groups excluding carboxylic acids is 2. The summed E-state index contributed by atoms with van der Waals surface area (Å²) in [6, 6.07) is 11.5. The Morgan fingerprint density at radius 3 is 2.50 bits per heavy atom. The van der Waals surface area contributed by atoms with E-state index >= 15 is 0 Å². The van der Waals surface area contributed by atoms with Crippen LogP contribution in [0.3, 0.4) is 0 Å². The Bertz CT molecular complexity index is 953. The molecule has 0 saturated carbocycles. The number of halogens is 2. The summed E-state index contributed by atoms with van der Waals surface area (Å²) in [6.07, 6.45) is 0. The fourth-order valence-corrected chi connectivity index (χ4v) is 3.50. The van der Waals surface area contributed by atoms with Crippen molar-refractivity contribution in [1.29, 1.82) is 0 Å². The summed E-state index contributed by atoms with van der Waals surface area (Å²) in [6.45, 7) is 1.65. The smallest absolute Gasteiger partial charge is 0.348 e. The Morgan fingerprint density at radius 2 is 1.85 bits per heavy atom. The summed E-state index contributed by atoms with van der Waals surface area (Å²) in [5, 5.41) is 0.345. The van der Waals surface area contributed by atoms with E-state index in [9.17, 15) is 18.4 Å². The third-order valence-corrected chi connectivity index (χ3v) is 4.87. The largest absolute Gasteiger partial charge is 0.451 e. The highest BCUT2D eigenvalue weighted by Crippen LogP contribution is 2.28. The lowest BCUT2D eigenvalue weighted by Gasteiger charge is -2.20. The van der Waals surface area contributed by atoms with Crippen LogP contribution in [-0.2, 0) is 9.53 Å². The minimum absolute atomic E-state index is 0.225. The highest BCUT2D eigenvalue weighted by atomic mass is 32.1. The topological polar surface area (TPSA) is 46.6 Å². The maximum atomic E-state index is 13.7. The Balaban J connectivity index is 1.68. The molecule has 3 aromatic rings. The number of ether oxygens (including phenoxy) is 1. The lowest BCUT2D eigenvalue weighted by molar-refractivity contribution is -0.121. The van der Waals surface area contributed by atoms with Crippen LogP contribution in [0, 0.1) is 11.6 Å². The first-order valence-electron chi connectivity index (χ1n) is 7.90. The summed E-state index contributed by atoms with van der Waals surface area (Å²) in [4.78, 5) is 26.1. The quantitative estimate of drug-likeness (QED) is 0.622. The second-order valence-electron chi connectivity index (χ2n) is 5.45. The normalized spacial score (nSPS) is 10.7. The van der Waals surface area contributed by atoms with Gasteiger partial charge in [-0.25, -0.2) is 13.6 Å². The monoisotopic (exact) mass is 375 g/mol. The van der Waals surface area contributed by atoms with Crippen molar-refractivity contribution < 1.29 is 23.1 Å². The zero-order valence-corrected chi connectivity index (χ0v) is 14.7. The van der Waals surface area contributed by atoms with E-state index in [0.29, 0.717) is 22.3 Å². The van der Waals surface area contributed by atoms with E-state index in [-0.39, 0.29) is 4.88 Å². The first kappa shape index (κ1) is 18.0. The second kappa shape index (κ2) is 7.61. The number of benzene rings is 2. The molecule has 0 fully saturated rings. The van der Waals surface area contributed by atoms with Gasteiger partial charge in [-0.2, -0.15) is 0 Å². The highest BCUT2D eigenvalue weighted by molar-refractivity contribution is 7.20. The number of likely N-dealkylation sites (N-methyl/N-ethyl adjacent to an activating group) is 1. The second-order valence-corrected chi connectivity index (χ2v) is 6.54. The Kier molecular flexibility index (Phi) is 5.27. The summed E-state index contributed by atoms with van der Waals surface area (Å²) in [5.41, 5.74) is 0.513. The SMILES string of the molecule is CCN(C(=O)COC(=O)c1cc2c(F)cccc2s1)c1ccc(F)cc1. The molecule has 1 amide bonds. The van der Waals surface area contributed by atoms with Gasteiger partial charge in [0.15, 0.2) is 6.61 Å². The number of rotatable bonds is 5. The number of hydrogen-bond donors (Lipinski definition) is 0. The summed E-state index contributed by atoms with van der Waals surface area (Å²) in [7, 11) is 0. The molecule has 2 aromatic carbocycles. The number of thiophene rings is 1. The number of fused-ring (bicyclic) bond motifs is 1. The zero-order valence-electron chi connectivity index (χ0n) is 13.9. The molecule has 3 rings (SSSR count). The van der Waals surface area contributed by atoms with Gasteiger partial charge in [0.25, 0.3) is 5.91 Å². The van der Waals surface area contributed by atoms with Crippen LogP contribution < -0.4 is 4.90 Å². The Hall–Kier alpha value is -2.80. The molecule has 0 aliphatic rings. The van der Waals surface area contributed by atoms with Crippen LogP contribution in [0.4, 0.5) is 14.5 Å². The summed E-state index contributed by atoms with van der Waals surface area (Å²) in [5.74, 6) is -1.93. The van der Waals surface area contributed by atoms with E-state index in [1.54, 1.807) is 19.1 Å². The number of amides is 1. The van der Waals surface area contributed by atoms with Crippen LogP contribution in [0.1, 0.15) is 16.6 Å². The number of hydrogen-bond acceptors (Lipinski definition) is 4. The van der Waals surface area contributed by atoms with Gasteiger partial charge in [0, 0.05) is 22.3 Å². The van der Waals surface area contributed by atoms with Crippen LogP contribution in [0.25, 0.3) is 10.1 Å². The van der Waals surface area contributed by atoms with Crippen molar-refractivity contribution in [3.05, 3.63) is 65.0 Å². The molecule has 0 atom stereocenters.